The standard InChI is InChI=1S/C35H35ClN4O6/c1-4-44-35(42)34-25(12-8-16-45-30-13-7-10-22-9-5-6-11-24(22)30)26-14-15-27(36)32(33(26)37-34)31-21(2)40(3)38-29(31)20-43-19-28-23(17-41)18-46-39-28/h5-7,9-11,13-15,18,37,41H,4,8,12,16-17,19-20H2,1-3H3. The highest BCUT2D eigenvalue weighted by Crippen LogP contribution is 2.41. The van der Waals surface area contributed by atoms with Crippen LogP contribution in [0.4, 0.5) is 0 Å². The average molecular weight is 643 g/mol. The van der Waals surface area contributed by atoms with Crippen LogP contribution in [0.3, 0.4) is 0 Å². The molecule has 0 atom stereocenters. The molecule has 0 saturated carbocycles. The molecule has 3 aromatic heterocycles. The number of carbonyl (C=O) groups is 1. The molecule has 6 rings (SSSR count). The van der Waals surface area contributed by atoms with Crippen LogP contribution in [0.2, 0.25) is 5.02 Å². The molecule has 10 nitrogen and oxygen atoms in total. The van der Waals surface area contributed by atoms with Crippen molar-refractivity contribution in [3.8, 4) is 16.9 Å². The van der Waals surface area contributed by atoms with Gasteiger partial charge in [-0.3, -0.25) is 4.68 Å². The van der Waals surface area contributed by atoms with Crippen LogP contribution in [0.15, 0.2) is 65.4 Å². The number of fused-ring (bicyclic) bond motifs is 2. The molecule has 2 N–H and O–H groups in total. The summed E-state index contributed by atoms with van der Waals surface area (Å²) in [5.74, 6) is 0.402. The molecule has 3 heterocycles. The molecule has 0 saturated heterocycles. The maximum atomic E-state index is 13.2. The first-order valence-corrected chi connectivity index (χ1v) is 15.5. The van der Waals surface area contributed by atoms with Crippen molar-refractivity contribution in [3.63, 3.8) is 0 Å². The molecular weight excluding hydrogens is 608 g/mol. The van der Waals surface area contributed by atoms with Crippen molar-refractivity contribution in [2.24, 2.45) is 7.05 Å². The van der Waals surface area contributed by atoms with Crippen molar-refractivity contribution >= 4 is 39.2 Å². The van der Waals surface area contributed by atoms with Gasteiger partial charge in [0.25, 0.3) is 0 Å². The predicted molar refractivity (Wildman–Crippen MR) is 175 cm³/mol. The number of aliphatic hydroxyl groups excluding tert-OH is 1. The van der Waals surface area contributed by atoms with E-state index in [1.54, 1.807) is 11.6 Å². The first-order valence-electron chi connectivity index (χ1n) is 15.2. The van der Waals surface area contributed by atoms with E-state index in [0.717, 1.165) is 49.8 Å². The highest BCUT2D eigenvalue weighted by molar-refractivity contribution is 6.35. The predicted octanol–water partition coefficient (Wildman–Crippen LogP) is 7.07. The third kappa shape index (κ3) is 6.11. The van der Waals surface area contributed by atoms with Crippen molar-refractivity contribution in [1.82, 2.24) is 19.9 Å². The van der Waals surface area contributed by atoms with Gasteiger partial charge in [0.15, 0.2) is 0 Å². The molecule has 0 bridgehead atoms. The Hall–Kier alpha value is -4.64. The van der Waals surface area contributed by atoms with Gasteiger partial charge in [0.2, 0.25) is 0 Å². The van der Waals surface area contributed by atoms with Crippen LogP contribution in [0.1, 0.15) is 52.0 Å². The van der Waals surface area contributed by atoms with Gasteiger partial charge in [-0.25, -0.2) is 4.79 Å². The summed E-state index contributed by atoms with van der Waals surface area (Å²) < 4.78 is 24.4. The number of H-pyrrole nitrogens is 1. The minimum Gasteiger partial charge on any atom is -0.493 e. The average Bonchev–Trinajstić information content (AvgIpc) is 3.75. The smallest absolute Gasteiger partial charge is 0.355 e. The van der Waals surface area contributed by atoms with Gasteiger partial charge < -0.3 is 28.8 Å². The number of hydrogen-bond acceptors (Lipinski definition) is 8. The molecule has 0 spiro atoms. The molecule has 11 heteroatoms. The lowest BCUT2D eigenvalue weighted by molar-refractivity contribution is 0.0519. The molecule has 0 unspecified atom stereocenters. The van der Waals surface area contributed by atoms with Crippen LogP contribution in [0.25, 0.3) is 32.8 Å². The van der Waals surface area contributed by atoms with E-state index in [0.29, 0.717) is 47.1 Å². The van der Waals surface area contributed by atoms with Gasteiger partial charge in [0.05, 0.1) is 49.3 Å². The number of aromatic nitrogens is 4. The summed E-state index contributed by atoms with van der Waals surface area (Å²) in [5.41, 5.74) is 6.13. The van der Waals surface area contributed by atoms with Crippen LogP contribution < -0.4 is 4.74 Å². The normalized spacial score (nSPS) is 11.5. The van der Waals surface area contributed by atoms with E-state index >= 15 is 0 Å². The van der Waals surface area contributed by atoms with Gasteiger partial charge >= 0.3 is 5.97 Å². The summed E-state index contributed by atoms with van der Waals surface area (Å²) in [6, 6.07) is 17.9. The summed E-state index contributed by atoms with van der Waals surface area (Å²) in [6.07, 6.45) is 2.64. The van der Waals surface area contributed by atoms with Crippen LogP contribution in [-0.2, 0) is 42.8 Å². The van der Waals surface area contributed by atoms with Crippen molar-refractivity contribution in [1.29, 1.82) is 0 Å². The topological polar surface area (TPSA) is 125 Å². The van der Waals surface area contributed by atoms with Gasteiger partial charge in [0, 0.05) is 40.2 Å². The van der Waals surface area contributed by atoms with E-state index in [9.17, 15) is 9.90 Å². The fourth-order valence-corrected chi connectivity index (χ4v) is 6.05. The summed E-state index contributed by atoms with van der Waals surface area (Å²) >= 11 is 6.91. The third-order valence-electron chi connectivity index (χ3n) is 8.12. The first kappa shape index (κ1) is 31.3. The van der Waals surface area contributed by atoms with Gasteiger partial charge in [-0.05, 0) is 49.8 Å². The van der Waals surface area contributed by atoms with E-state index in [1.165, 1.54) is 6.26 Å². The molecule has 0 amide bonds. The second-order valence-corrected chi connectivity index (χ2v) is 11.3. The summed E-state index contributed by atoms with van der Waals surface area (Å²) in [4.78, 5) is 16.6. The number of carbonyl (C=O) groups excluding carboxylic acids is 1. The van der Waals surface area contributed by atoms with Crippen molar-refractivity contribution in [2.45, 2.75) is 46.5 Å². The lowest BCUT2D eigenvalue weighted by Gasteiger charge is -2.11. The molecule has 46 heavy (non-hydrogen) atoms. The Morgan fingerprint density at radius 2 is 1.85 bits per heavy atom. The number of aliphatic hydroxyl groups is 1. The number of ether oxygens (including phenoxy) is 3. The van der Waals surface area contributed by atoms with Crippen LogP contribution in [0.5, 0.6) is 5.75 Å². The Morgan fingerprint density at radius 1 is 1.04 bits per heavy atom. The zero-order valence-electron chi connectivity index (χ0n) is 25.9. The zero-order valence-corrected chi connectivity index (χ0v) is 26.7. The zero-order chi connectivity index (χ0) is 32.2. The molecule has 0 radical (unpaired) electrons. The summed E-state index contributed by atoms with van der Waals surface area (Å²) in [7, 11) is 1.86. The number of nitrogens with one attached hydrogen (secondary N) is 1. The summed E-state index contributed by atoms with van der Waals surface area (Å²) in [6.45, 7) is 4.57. The number of benzene rings is 3. The number of aryl methyl sites for hydroxylation is 2. The molecule has 0 fully saturated rings. The van der Waals surface area contributed by atoms with E-state index < -0.39 is 5.97 Å². The second kappa shape index (κ2) is 13.8. The largest absolute Gasteiger partial charge is 0.493 e. The summed E-state index contributed by atoms with van der Waals surface area (Å²) in [5, 5.41) is 21.7. The van der Waals surface area contributed by atoms with Gasteiger partial charge in [-0.2, -0.15) is 5.10 Å². The van der Waals surface area contributed by atoms with Crippen LogP contribution in [-0.4, -0.2) is 44.2 Å². The Kier molecular flexibility index (Phi) is 9.39. The minimum atomic E-state index is -0.426. The lowest BCUT2D eigenvalue weighted by atomic mass is 9.98. The van der Waals surface area contributed by atoms with Gasteiger partial charge in [-0.15, -0.1) is 0 Å². The Labute approximate surface area is 270 Å². The molecule has 6 aromatic rings. The molecule has 0 aliphatic carbocycles. The number of hydrogen-bond donors (Lipinski definition) is 2. The lowest BCUT2D eigenvalue weighted by Crippen LogP contribution is -2.09. The highest BCUT2D eigenvalue weighted by atomic mass is 35.5. The molecule has 238 valence electrons. The fourth-order valence-electron chi connectivity index (χ4n) is 5.80. The van der Waals surface area contributed by atoms with E-state index in [-0.39, 0.29) is 26.4 Å². The number of rotatable bonds is 13. The van der Waals surface area contributed by atoms with E-state index in [1.807, 2.05) is 50.4 Å². The van der Waals surface area contributed by atoms with Crippen molar-refractivity contribution in [2.75, 3.05) is 13.2 Å². The van der Waals surface area contributed by atoms with Crippen LogP contribution in [0, 0.1) is 6.92 Å². The second-order valence-electron chi connectivity index (χ2n) is 10.9. The fraction of sp³-hybridized carbons (Fsp3) is 0.286. The Bertz CT molecular complexity index is 2000. The van der Waals surface area contributed by atoms with E-state index in [2.05, 4.69) is 28.3 Å². The number of aromatic amines is 1. The minimum absolute atomic E-state index is 0.139. The number of nitrogens with zero attached hydrogens (tertiary/aromatic N) is 3. The number of esters is 1. The van der Waals surface area contributed by atoms with Gasteiger partial charge in [0.1, 0.15) is 23.4 Å². The highest BCUT2D eigenvalue weighted by Gasteiger charge is 2.26. The quantitative estimate of drug-likeness (QED) is 0.101. The monoisotopic (exact) mass is 642 g/mol. The van der Waals surface area contributed by atoms with Crippen molar-refractivity contribution in [3.05, 3.63) is 99.8 Å². The maximum absolute atomic E-state index is 13.2. The Balaban J connectivity index is 1.31. The molecule has 0 aliphatic heterocycles. The molecular formula is C35H35ClN4O6. The molecule has 0 aliphatic rings. The molecule has 3 aromatic carbocycles. The maximum Gasteiger partial charge on any atom is 0.355 e. The first-order chi connectivity index (χ1) is 22.4. The SMILES string of the molecule is CCOC(=O)c1[nH]c2c(-c3c(COCc4nocc4CO)nn(C)c3C)c(Cl)ccc2c1CCCOc1cccc2ccccc12. The number of halogens is 1. The van der Waals surface area contributed by atoms with E-state index in [4.69, 9.17) is 35.4 Å². The van der Waals surface area contributed by atoms with Crippen LogP contribution >= 0.6 is 11.6 Å². The third-order valence-corrected chi connectivity index (χ3v) is 8.44. The van der Waals surface area contributed by atoms with Gasteiger partial charge in [-0.1, -0.05) is 59.2 Å². The Morgan fingerprint density at radius 3 is 2.67 bits per heavy atom. The van der Waals surface area contributed by atoms with Crippen molar-refractivity contribution < 1.29 is 28.6 Å².